The molecule has 5 unspecified atom stereocenters. The van der Waals surface area contributed by atoms with Gasteiger partial charge >= 0.3 is 17.9 Å². The SMILES string of the molecule is C=C(C)C(=O)OC1C2C3(COC(C)=O)CC1(COC(C)=O)CC3OS2(=O)=O. The van der Waals surface area contributed by atoms with Gasteiger partial charge in [-0.15, -0.1) is 0 Å². The standard InChI is InChI=1S/C17H22O9S/c1-9(2)15(20)25-13-14-17(8-24-11(4)19)6-16(13,7-23-10(3)18)5-12(17)26-27(14,21)22/h12-14H,1,5-8H2,2-4H3. The summed E-state index contributed by atoms with van der Waals surface area (Å²) in [6, 6.07) is 0. The number of hydrogen-bond acceptors (Lipinski definition) is 9. The summed E-state index contributed by atoms with van der Waals surface area (Å²) in [4.78, 5) is 34.8. The molecule has 0 N–H and O–H groups in total. The molecule has 3 fully saturated rings. The molecule has 0 amide bonds. The van der Waals surface area contributed by atoms with Crippen LogP contribution >= 0.6 is 0 Å². The predicted octanol–water partition coefficient (Wildman–Crippen LogP) is 0.478. The Hall–Kier alpha value is -1.94. The van der Waals surface area contributed by atoms with Crippen molar-refractivity contribution in [2.24, 2.45) is 10.8 Å². The van der Waals surface area contributed by atoms with Crippen molar-refractivity contribution in [2.45, 2.75) is 51.1 Å². The lowest BCUT2D eigenvalue weighted by Crippen LogP contribution is -2.51. The molecule has 9 nitrogen and oxygen atoms in total. The van der Waals surface area contributed by atoms with Crippen molar-refractivity contribution >= 4 is 28.0 Å². The van der Waals surface area contributed by atoms with Gasteiger partial charge in [-0.3, -0.25) is 13.8 Å². The van der Waals surface area contributed by atoms with E-state index in [1.807, 2.05) is 0 Å². The number of carbonyl (C=O) groups is 3. The molecule has 27 heavy (non-hydrogen) atoms. The maximum atomic E-state index is 12.7. The molecule has 0 spiro atoms. The third kappa shape index (κ3) is 3.04. The Kier molecular flexibility index (Phi) is 4.62. The zero-order valence-corrected chi connectivity index (χ0v) is 16.2. The van der Waals surface area contributed by atoms with Gasteiger partial charge in [0, 0.05) is 24.8 Å². The van der Waals surface area contributed by atoms with Crippen LogP contribution < -0.4 is 0 Å². The Balaban J connectivity index is 2.03. The van der Waals surface area contributed by atoms with E-state index in [0.717, 1.165) is 0 Å². The van der Waals surface area contributed by atoms with Gasteiger partial charge in [-0.25, -0.2) is 4.79 Å². The van der Waals surface area contributed by atoms with E-state index < -0.39 is 56.3 Å². The first-order valence-electron chi connectivity index (χ1n) is 8.49. The molecule has 3 rings (SSSR count). The van der Waals surface area contributed by atoms with Crippen LogP contribution in [-0.2, 0) is 42.9 Å². The third-order valence-corrected chi connectivity index (χ3v) is 7.45. The number of ether oxygens (including phenoxy) is 3. The summed E-state index contributed by atoms with van der Waals surface area (Å²) in [5.74, 6) is -1.83. The van der Waals surface area contributed by atoms with Crippen molar-refractivity contribution in [1.82, 2.24) is 0 Å². The van der Waals surface area contributed by atoms with Crippen LogP contribution in [0.4, 0.5) is 0 Å². The summed E-state index contributed by atoms with van der Waals surface area (Å²) >= 11 is 0. The molecule has 2 aliphatic carbocycles. The van der Waals surface area contributed by atoms with Crippen molar-refractivity contribution in [3.8, 4) is 0 Å². The molecule has 0 aromatic heterocycles. The molecular formula is C17H22O9S. The Morgan fingerprint density at radius 3 is 2.26 bits per heavy atom. The fourth-order valence-corrected chi connectivity index (χ4v) is 6.86. The molecule has 2 saturated carbocycles. The van der Waals surface area contributed by atoms with E-state index in [1.165, 1.54) is 20.8 Å². The van der Waals surface area contributed by atoms with Crippen LogP contribution in [-0.4, -0.2) is 57.0 Å². The van der Waals surface area contributed by atoms with Gasteiger partial charge in [0.25, 0.3) is 10.1 Å². The number of esters is 3. The summed E-state index contributed by atoms with van der Waals surface area (Å²) in [6.07, 6.45) is -1.41. The fourth-order valence-electron chi connectivity index (χ4n) is 4.63. The Morgan fingerprint density at radius 1 is 1.11 bits per heavy atom. The monoisotopic (exact) mass is 402 g/mol. The van der Waals surface area contributed by atoms with E-state index in [1.54, 1.807) is 0 Å². The number of carbonyl (C=O) groups excluding carboxylic acids is 3. The number of fused-ring (bicyclic) bond motifs is 1. The second kappa shape index (κ2) is 6.30. The van der Waals surface area contributed by atoms with Crippen molar-refractivity contribution in [2.75, 3.05) is 13.2 Å². The van der Waals surface area contributed by atoms with Crippen LogP contribution in [0.15, 0.2) is 12.2 Å². The lowest BCUT2D eigenvalue weighted by Gasteiger charge is -2.37. The average molecular weight is 402 g/mol. The summed E-state index contributed by atoms with van der Waals surface area (Å²) in [6.45, 7) is 7.13. The van der Waals surface area contributed by atoms with Crippen LogP contribution in [0.25, 0.3) is 0 Å². The highest BCUT2D eigenvalue weighted by Crippen LogP contribution is 2.69. The van der Waals surface area contributed by atoms with Crippen molar-refractivity contribution in [3.05, 3.63) is 12.2 Å². The Bertz CT molecular complexity index is 816. The van der Waals surface area contributed by atoms with Crippen molar-refractivity contribution in [3.63, 3.8) is 0 Å². The lowest BCUT2D eigenvalue weighted by molar-refractivity contribution is -0.159. The molecule has 1 heterocycles. The molecule has 0 radical (unpaired) electrons. The average Bonchev–Trinajstić information content (AvgIpc) is 3.03. The maximum Gasteiger partial charge on any atom is 0.333 e. The molecule has 2 bridgehead atoms. The van der Waals surface area contributed by atoms with Gasteiger partial charge in [0.2, 0.25) is 0 Å². The van der Waals surface area contributed by atoms with Gasteiger partial charge in [0.05, 0.1) is 11.5 Å². The minimum Gasteiger partial charge on any atom is -0.465 e. The van der Waals surface area contributed by atoms with Gasteiger partial charge < -0.3 is 14.2 Å². The molecule has 1 saturated heterocycles. The zero-order chi connectivity index (χ0) is 20.2. The van der Waals surface area contributed by atoms with Crippen molar-refractivity contribution < 1.29 is 41.2 Å². The molecule has 10 heteroatoms. The highest BCUT2D eigenvalue weighted by molar-refractivity contribution is 7.87. The van der Waals surface area contributed by atoms with Gasteiger partial charge in [-0.2, -0.15) is 8.42 Å². The lowest BCUT2D eigenvalue weighted by atomic mass is 9.78. The van der Waals surface area contributed by atoms with Crippen LogP contribution in [0, 0.1) is 10.8 Å². The molecule has 150 valence electrons. The molecule has 5 atom stereocenters. The summed E-state index contributed by atoms with van der Waals surface area (Å²) in [7, 11) is -4.07. The molecule has 0 aromatic carbocycles. The Labute approximate surface area is 157 Å². The van der Waals surface area contributed by atoms with E-state index in [0.29, 0.717) is 0 Å². The fraction of sp³-hybridized carbons (Fsp3) is 0.706. The van der Waals surface area contributed by atoms with E-state index in [-0.39, 0.29) is 31.6 Å². The van der Waals surface area contributed by atoms with E-state index in [9.17, 15) is 22.8 Å². The maximum absolute atomic E-state index is 12.7. The molecule has 1 aliphatic heterocycles. The van der Waals surface area contributed by atoms with Crippen LogP contribution in [0.3, 0.4) is 0 Å². The zero-order valence-electron chi connectivity index (χ0n) is 15.4. The van der Waals surface area contributed by atoms with Gasteiger partial charge in [0.15, 0.2) is 0 Å². The minimum absolute atomic E-state index is 0.113. The minimum atomic E-state index is -4.07. The van der Waals surface area contributed by atoms with Gasteiger partial charge in [0.1, 0.15) is 24.6 Å². The number of rotatable bonds is 6. The summed E-state index contributed by atoms with van der Waals surface area (Å²) < 4.78 is 46.5. The highest BCUT2D eigenvalue weighted by atomic mass is 32.2. The normalized spacial score (nSPS) is 37.7. The topological polar surface area (TPSA) is 122 Å². The van der Waals surface area contributed by atoms with Crippen LogP contribution in [0.1, 0.15) is 33.6 Å². The van der Waals surface area contributed by atoms with E-state index in [2.05, 4.69) is 6.58 Å². The third-order valence-electron chi connectivity index (χ3n) is 5.61. The molecule has 3 aliphatic rings. The second-order valence-electron chi connectivity index (χ2n) is 7.64. The van der Waals surface area contributed by atoms with Crippen LogP contribution in [0.2, 0.25) is 0 Å². The molecular weight excluding hydrogens is 380 g/mol. The quantitative estimate of drug-likeness (QED) is 0.270. The first-order valence-corrected chi connectivity index (χ1v) is 9.96. The molecule has 0 aromatic rings. The first-order chi connectivity index (χ1) is 12.4. The smallest absolute Gasteiger partial charge is 0.333 e. The van der Waals surface area contributed by atoms with E-state index >= 15 is 0 Å². The largest absolute Gasteiger partial charge is 0.465 e. The highest BCUT2D eigenvalue weighted by Gasteiger charge is 2.80. The van der Waals surface area contributed by atoms with E-state index in [4.69, 9.17) is 18.4 Å². The summed E-state index contributed by atoms with van der Waals surface area (Å²) in [5, 5.41) is -1.21. The van der Waals surface area contributed by atoms with Gasteiger partial charge in [-0.05, 0) is 19.8 Å². The van der Waals surface area contributed by atoms with Crippen molar-refractivity contribution in [1.29, 1.82) is 0 Å². The van der Waals surface area contributed by atoms with Crippen LogP contribution in [0.5, 0.6) is 0 Å². The van der Waals surface area contributed by atoms with Gasteiger partial charge in [-0.1, -0.05) is 6.58 Å². The Morgan fingerprint density at radius 2 is 1.70 bits per heavy atom. The predicted molar refractivity (Wildman–Crippen MR) is 89.6 cm³/mol. The first kappa shape index (κ1) is 19.8. The number of hydrogen-bond donors (Lipinski definition) is 0. The summed E-state index contributed by atoms with van der Waals surface area (Å²) in [5.41, 5.74) is -1.87. The second-order valence-corrected chi connectivity index (χ2v) is 9.33.